The van der Waals surface area contributed by atoms with E-state index in [2.05, 4.69) is 41.8 Å². The van der Waals surface area contributed by atoms with Crippen molar-refractivity contribution in [1.82, 2.24) is 10.6 Å². The third-order valence-corrected chi connectivity index (χ3v) is 7.51. The van der Waals surface area contributed by atoms with Gasteiger partial charge in [-0.2, -0.15) is 5.26 Å². The molecule has 1 aromatic rings. The van der Waals surface area contributed by atoms with Crippen molar-refractivity contribution in [3.8, 4) is 6.07 Å². The Hall–Kier alpha value is -2.28. The highest BCUT2D eigenvalue weighted by Gasteiger charge is 2.41. The van der Waals surface area contributed by atoms with Crippen LogP contribution in [0.15, 0.2) is 30.0 Å². The highest BCUT2D eigenvalue weighted by molar-refractivity contribution is 5.97. The molecule has 0 aromatic heterocycles. The Morgan fingerprint density at radius 1 is 1.17 bits per heavy atom. The van der Waals surface area contributed by atoms with E-state index in [1.807, 2.05) is 6.92 Å². The Morgan fingerprint density at radius 2 is 1.97 bits per heavy atom. The maximum absolute atomic E-state index is 12.7. The molecule has 0 heterocycles. The largest absolute Gasteiger partial charge is 0.387 e. The Bertz CT molecular complexity index is 837. The van der Waals surface area contributed by atoms with Crippen LogP contribution in [0.4, 0.5) is 0 Å². The number of rotatable bonds is 6. The summed E-state index contributed by atoms with van der Waals surface area (Å²) < 4.78 is 0. The highest BCUT2D eigenvalue weighted by Crippen LogP contribution is 2.49. The van der Waals surface area contributed by atoms with Crippen molar-refractivity contribution >= 4 is 5.91 Å². The number of benzene rings is 1. The molecule has 2 saturated carbocycles. The fourth-order valence-corrected chi connectivity index (χ4v) is 5.77. The van der Waals surface area contributed by atoms with Gasteiger partial charge in [-0.15, -0.1) is 0 Å². The van der Waals surface area contributed by atoms with Gasteiger partial charge in [0.2, 0.25) is 0 Å². The van der Waals surface area contributed by atoms with E-state index < -0.39 is 0 Å². The first-order valence-electron chi connectivity index (χ1n) is 11.3. The Kier molecular flexibility index (Phi) is 5.94. The van der Waals surface area contributed by atoms with E-state index in [4.69, 9.17) is 0 Å². The van der Waals surface area contributed by atoms with Gasteiger partial charge in [0.15, 0.2) is 0 Å². The van der Waals surface area contributed by atoms with Crippen molar-refractivity contribution in [3.05, 3.63) is 46.7 Å². The normalized spacial score (nSPS) is 27.6. The Labute approximate surface area is 174 Å². The van der Waals surface area contributed by atoms with E-state index in [9.17, 15) is 10.1 Å². The molecule has 154 valence electrons. The Balaban J connectivity index is 1.35. The number of carbonyl (C=O) groups is 1. The average Bonchev–Trinajstić information content (AvgIpc) is 3.37. The topological polar surface area (TPSA) is 64.9 Å². The van der Waals surface area contributed by atoms with Crippen LogP contribution in [0.2, 0.25) is 0 Å². The SMILES string of the molecule is CC(NC(=O)/C(C#N)=C\NC(C)C1CC2CCC1C2)c1ccc2c(c1)CCCC2. The molecule has 2 fully saturated rings. The molecular formula is C25H33N3O. The molecule has 2 N–H and O–H groups in total. The van der Waals surface area contributed by atoms with Gasteiger partial charge in [0.05, 0.1) is 6.04 Å². The van der Waals surface area contributed by atoms with Crippen LogP contribution in [0.25, 0.3) is 0 Å². The molecule has 3 aliphatic carbocycles. The molecule has 4 rings (SSSR count). The molecule has 0 radical (unpaired) electrons. The molecule has 5 atom stereocenters. The number of hydrogen-bond donors (Lipinski definition) is 2. The van der Waals surface area contributed by atoms with Crippen LogP contribution in [0.3, 0.4) is 0 Å². The van der Waals surface area contributed by atoms with E-state index in [-0.39, 0.29) is 17.5 Å². The van der Waals surface area contributed by atoms with E-state index in [0.29, 0.717) is 12.0 Å². The van der Waals surface area contributed by atoms with Gasteiger partial charge in [0.25, 0.3) is 5.91 Å². The summed E-state index contributed by atoms with van der Waals surface area (Å²) in [5, 5.41) is 15.9. The summed E-state index contributed by atoms with van der Waals surface area (Å²) in [6.07, 6.45) is 11.8. The van der Waals surface area contributed by atoms with Crippen LogP contribution in [0.1, 0.15) is 75.1 Å². The predicted molar refractivity (Wildman–Crippen MR) is 115 cm³/mol. The standard InChI is InChI=1S/C25H33N3O/c1-16(20-10-9-19-5-3-4-6-21(19)13-20)28-25(29)23(14-26)15-27-17(2)24-12-18-7-8-22(24)11-18/h9-10,13,15-18,22,24,27H,3-8,11-12H2,1-2H3,(H,28,29)/b23-15-. The summed E-state index contributed by atoms with van der Waals surface area (Å²) in [7, 11) is 0. The van der Waals surface area contributed by atoms with E-state index >= 15 is 0 Å². The summed E-state index contributed by atoms with van der Waals surface area (Å²) in [5.74, 6) is 2.08. The number of nitriles is 1. The lowest BCUT2D eigenvalue weighted by Crippen LogP contribution is -2.34. The smallest absolute Gasteiger partial charge is 0.263 e. The average molecular weight is 392 g/mol. The summed E-state index contributed by atoms with van der Waals surface area (Å²) in [6.45, 7) is 4.17. The summed E-state index contributed by atoms with van der Waals surface area (Å²) in [4.78, 5) is 12.7. The van der Waals surface area contributed by atoms with Gasteiger partial charge in [-0.05, 0) is 93.2 Å². The number of hydrogen-bond acceptors (Lipinski definition) is 3. The molecule has 0 saturated heterocycles. The number of aryl methyl sites for hydroxylation is 2. The minimum absolute atomic E-state index is 0.116. The van der Waals surface area contributed by atoms with Gasteiger partial charge < -0.3 is 10.6 Å². The molecule has 5 unspecified atom stereocenters. The second-order valence-corrected chi connectivity index (χ2v) is 9.39. The van der Waals surface area contributed by atoms with Crippen LogP contribution in [-0.2, 0) is 17.6 Å². The maximum Gasteiger partial charge on any atom is 0.263 e. The second-order valence-electron chi connectivity index (χ2n) is 9.39. The molecule has 2 bridgehead atoms. The van der Waals surface area contributed by atoms with Gasteiger partial charge in [-0.1, -0.05) is 24.6 Å². The van der Waals surface area contributed by atoms with Gasteiger partial charge in [0, 0.05) is 12.2 Å². The van der Waals surface area contributed by atoms with Crippen molar-refractivity contribution in [1.29, 1.82) is 5.26 Å². The van der Waals surface area contributed by atoms with Gasteiger partial charge in [-0.3, -0.25) is 4.79 Å². The molecular weight excluding hydrogens is 358 g/mol. The van der Waals surface area contributed by atoms with Crippen LogP contribution >= 0.6 is 0 Å². The number of nitrogens with zero attached hydrogens (tertiary/aromatic N) is 1. The van der Waals surface area contributed by atoms with Gasteiger partial charge in [0.1, 0.15) is 11.6 Å². The zero-order valence-corrected chi connectivity index (χ0v) is 17.7. The van der Waals surface area contributed by atoms with Crippen molar-refractivity contribution < 1.29 is 4.79 Å². The molecule has 4 heteroatoms. The minimum Gasteiger partial charge on any atom is -0.387 e. The van der Waals surface area contributed by atoms with Crippen molar-refractivity contribution in [2.75, 3.05) is 0 Å². The minimum atomic E-state index is -0.301. The summed E-state index contributed by atoms with van der Waals surface area (Å²) >= 11 is 0. The molecule has 29 heavy (non-hydrogen) atoms. The first-order chi connectivity index (χ1) is 14.0. The van der Waals surface area contributed by atoms with Gasteiger partial charge in [-0.25, -0.2) is 0 Å². The van der Waals surface area contributed by atoms with Gasteiger partial charge >= 0.3 is 0 Å². The zero-order chi connectivity index (χ0) is 20.4. The third kappa shape index (κ3) is 4.34. The van der Waals surface area contributed by atoms with Crippen LogP contribution < -0.4 is 10.6 Å². The predicted octanol–water partition coefficient (Wildman–Crippen LogP) is 4.56. The van der Waals surface area contributed by atoms with E-state index in [1.165, 1.54) is 49.7 Å². The lowest BCUT2D eigenvalue weighted by atomic mass is 9.84. The molecule has 1 aromatic carbocycles. The first kappa shape index (κ1) is 20.0. The van der Waals surface area contributed by atoms with Crippen molar-refractivity contribution in [2.24, 2.45) is 17.8 Å². The van der Waals surface area contributed by atoms with Crippen LogP contribution in [0.5, 0.6) is 0 Å². The summed E-state index contributed by atoms with van der Waals surface area (Å²) in [6, 6.07) is 8.80. The van der Waals surface area contributed by atoms with Crippen LogP contribution in [0, 0.1) is 29.1 Å². The third-order valence-electron chi connectivity index (χ3n) is 7.51. The van der Waals surface area contributed by atoms with Crippen LogP contribution in [-0.4, -0.2) is 11.9 Å². The fourth-order valence-electron chi connectivity index (χ4n) is 5.77. The second kappa shape index (κ2) is 8.61. The van der Waals surface area contributed by atoms with E-state index in [0.717, 1.165) is 30.2 Å². The number of amides is 1. The molecule has 3 aliphatic rings. The molecule has 0 aliphatic heterocycles. The lowest BCUT2D eigenvalue weighted by molar-refractivity contribution is -0.117. The Morgan fingerprint density at radius 3 is 2.66 bits per heavy atom. The van der Waals surface area contributed by atoms with E-state index in [1.54, 1.807) is 6.20 Å². The molecule has 1 amide bonds. The fraction of sp³-hybridized carbons (Fsp3) is 0.600. The lowest BCUT2D eigenvalue weighted by Gasteiger charge is -2.28. The monoisotopic (exact) mass is 391 g/mol. The highest BCUT2D eigenvalue weighted by atomic mass is 16.1. The number of fused-ring (bicyclic) bond motifs is 3. The maximum atomic E-state index is 12.7. The molecule has 4 nitrogen and oxygen atoms in total. The molecule has 0 spiro atoms. The van der Waals surface area contributed by atoms with Crippen molar-refractivity contribution in [3.63, 3.8) is 0 Å². The quantitative estimate of drug-likeness (QED) is 0.552. The number of nitrogens with one attached hydrogen (secondary N) is 2. The first-order valence-corrected chi connectivity index (χ1v) is 11.3. The van der Waals surface area contributed by atoms with Crippen molar-refractivity contribution in [2.45, 2.75) is 77.3 Å². The zero-order valence-electron chi connectivity index (χ0n) is 17.7. The number of carbonyl (C=O) groups excluding carboxylic acids is 1. The summed E-state index contributed by atoms with van der Waals surface area (Å²) in [5.41, 5.74) is 4.12.